The number of benzene rings is 1. The van der Waals surface area contributed by atoms with Crippen LogP contribution in [0.15, 0.2) is 28.7 Å². The van der Waals surface area contributed by atoms with Crippen LogP contribution < -0.4 is 10.5 Å². The van der Waals surface area contributed by atoms with Gasteiger partial charge in [0.1, 0.15) is 5.75 Å². The van der Waals surface area contributed by atoms with Crippen LogP contribution in [0.3, 0.4) is 0 Å². The molecule has 0 bridgehead atoms. The van der Waals surface area contributed by atoms with Gasteiger partial charge in [-0.3, -0.25) is 0 Å². The summed E-state index contributed by atoms with van der Waals surface area (Å²) in [4.78, 5) is 2.43. The minimum absolute atomic E-state index is 0.738. The van der Waals surface area contributed by atoms with Crippen LogP contribution in [0, 0.1) is 6.92 Å². The number of methoxy groups -OCH3 is 1. The number of halogens is 1. The molecule has 0 fully saturated rings. The Labute approximate surface area is 107 Å². The second kappa shape index (κ2) is 4.47. The fraction of sp³-hybridized carbons (Fsp3) is 0.167. The van der Waals surface area contributed by atoms with Gasteiger partial charge in [-0.2, -0.15) is 0 Å². The van der Waals surface area contributed by atoms with Gasteiger partial charge in [-0.15, -0.1) is 11.3 Å². The van der Waals surface area contributed by atoms with Gasteiger partial charge in [0.15, 0.2) is 0 Å². The lowest BCUT2D eigenvalue weighted by Gasteiger charge is -2.06. The zero-order valence-corrected chi connectivity index (χ0v) is 11.5. The van der Waals surface area contributed by atoms with E-state index >= 15 is 0 Å². The van der Waals surface area contributed by atoms with E-state index in [-0.39, 0.29) is 0 Å². The third-order valence-electron chi connectivity index (χ3n) is 2.31. The number of aryl methyl sites for hydroxylation is 1. The monoisotopic (exact) mass is 297 g/mol. The number of rotatable bonds is 2. The predicted molar refractivity (Wildman–Crippen MR) is 73.2 cm³/mol. The molecule has 2 aromatic rings. The van der Waals surface area contributed by atoms with E-state index in [4.69, 9.17) is 10.5 Å². The van der Waals surface area contributed by atoms with E-state index in [9.17, 15) is 0 Å². The Hall–Kier alpha value is -1.00. The fourth-order valence-electron chi connectivity index (χ4n) is 1.54. The van der Waals surface area contributed by atoms with Crippen molar-refractivity contribution in [3.8, 4) is 16.2 Å². The lowest BCUT2D eigenvalue weighted by atomic mass is 10.1. The van der Waals surface area contributed by atoms with Crippen LogP contribution in [0.1, 0.15) is 4.88 Å². The van der Waals surface area contributed by atoms with Crippen molar-refractivity contribution in [2.24, 2.45) is 0 Å². The average molecular weight is 298 g/mol. The summed E-state index contributed by atoms with van der Waals surface area (Å²) in [5.41, 5.74) is 7.80. The van der Waals surface area contributed by atoms with Crippen LogP contribution in [-0.4, -0.2) is 7.11 Å². The maximum absolute atomic E-state index is 6.01. The normalized spacial score (nSPS) is 10.4. The highest BCUT2D eigenvalue weighted by molar-refractivity contribution is 9.10. The van der Waals surface area contributed by atoms with Gasteiger partial charge in [-0.1, -0.05) is 0 Å². The van der Waals surface area contributed by atoms with Crippen molar-refractivity contribution in [2.75, 3.05) is 12.8 Å². The molecule has 0 spiro atoms. The highest BCUT2D eigenvalue weighted by Gasteiger charge is 2.10. The van der Waals surface area contributed by atoms with Gasteiger partial charge in [0.05, 0.1) is 12.0 Å². The van der Waals surface area contributed by atoms with E-state index in [1.807, 2.05) is 18.2 Å². The Morgan fingerprint density at radius 2 is 2.06 bits per heavy atom. The molecule has 1 aromatic carbocycles. The van der Waals surface area contributed by atoms with Crippen molar-refractivity contribution >= 4 is 33.0 Å². The highest BCUT2D eigenvalue weighted by Crippen LogP contribution is 2.39. The maximum Gasteiger partial charge on any atom is 0.120 e. The van der Waals surface area contributed by atoms with Crippen molar-refractivity contribution in [3.63, 3.8) is 0 Å². The molecule has 1 aromatic heterocycles. The minimum Gasteiger partial charge on any atom is -0.497 e. The fourth-order valence-corrected chi connectivity index (χ4v) is 3.44. The molecule has 2 N–H and O–H groups in total. The summed E-state index contributed by atoms with van der Waals surface area (Å²) >= 11 is 5.27. The smallest absolute Gasteiger partial charge is 0.120 e. The maximum atomic E-state index is 6.01. The Bertz CT molecular complexity index is 522. The van der Waals surface area contributed by atoms with Crippen molar-refractivity contribution in [2.45, 2.75) is 6.92 Å². The minimum atomic E-state index is 0.738. The zero-order chi connectivity index (χ0) is 11.7. The summed E-state index contributed by atoms with van der Waals surface area (Å²) in [6.07, 6.45) is 0. The molecule has 0 unspecified atom stereocenters. The molecule has 16 heavy (non-hydrogen) atoms. The van der Waals surface area contributed by atoms with Crippen LogP contribution in [0.25, 0.3) is 10.4 Å². The summed E-state index contributed by atoms with van der Waals surface area (Å²) in [5.74, 6) is 0.783. The largest absolute Gasteiger partial charge is 0.497 e. The van der Waals surface area contributed by atoms with Crippen molar-refractivity contribution in [1.82, 2.24) is 0 Å². The molecule has 0 saturated heterocycles. The molecule has 2 nitrogen and oxygen atoms in total. The van der Waals surface area contributed by atoms with Crippen LogP contribution in [0.5, 0.6) is 5.75 Å². The Balaban J connectivity index is 2.52. The van der Waals surface area contributed by atoms with Gasteiger partial charge in [0.2, 0.25) is 0 Å². The molecule has 0 saturated carbocycles. The number of nitrogens with two attached hydrogens (primary N) is 1. The topological polar surface area (TPSA) is 35.2 Å². The molecule has 0 aliphatic rings. The predicted octanol–water partition coefficient (Wildman–Crippen LogP) is 4.08. The van der Waals surface area contributed by atoms with E-state index in [0.29, 0.717) is 0 Å². The first-order valence-electron chi connectivity index (χ1n) is 4.81. The van der Waals surface area contributed by atoms with Gasteiger partial charge < -0.3 is 10.5 Å². The summed E-state index contributed by atoms with van der Waals surface area (Å²) < 4.78 is 6.22. The van der Waals surface area contributed by atoms with Crippen LogP contribution >= 0.6 is 27.3 Å². The number of ether oxygens (including phenoxy) is 1. The SMILES string of the molecule is COc1ccc(-c2sc(C)cc2Br)c(N)c1. The van der Waals surface area contributed by atoms with Crippen molar-refractivity contribution in [3.05, 3.63) is 33.6 Å². The van der Waals surface area contributed by atoms with Crippen LogP contribution in [0.2, 0.25) is 0 Å². The Morgan fingerprint density at radius 3 is 2.56 bits per heavy atom. The molecule has 84 valence electrons. The van der Waals surface area contributed by atoms with Gasteiger partial charge in [-0.25, -0.2) is 0 Å². The van der Waals surface area contributed by atoms with Gasteiger partial charge >= 0.3 is 0 Å². The summed E-state index contributed by atoms with van der Waals surface area (Å²) in [7, 11) is 1.64. The molecule has 0 aliphatic heterocycles. The van der Waals surface area contributed by atoms with E-state index < -0.39 is 0 Å². The number of hydrogen-bond donors (Lipinski definition) is 1. The van der Waals surface area contributed by atoms with E-state index in [0.717, 1.165) is 26.4 Å². The number of hydrogen-bond acceptors (Lipinski definition) is 3. The van der Waals surface area contributed by atoms with Crippen LogP contribution in [0.4, 0.5) is 5.69 Å². The first-order chi connectivity index (χ1) is 7.61. The second-order valence-electron chi connectivity index (χ2n) is 3.49. The van der Waals surface area contributed by atoms with Crippen LogP contribution in [-0.2, 0) is 0 Å². The third kappa shape index (κ3) is 2.08. The first-order valence-corrected chi connectivity index (χ1v) is 6.42. The van der Waals surface area contributed by atoms with E-state index in [2.05, 4.69) is 28.9 Å². The molecule has 0 radical (unpaired) electrons. The Morgan fingerprint density at radius 1 is 1.31 bits per heavy atom. The zero-order valence-electron chi connectivity index (χ0n) is 9.08. The van der Waals surface area contributed by atoms with Crippen molar-refractivity contribution in [1.29, 1.82) is 0 Å². The second-order valence-corrected chi connectivity index (χ2v) is 5.60. The third-order valence-corrected chi connectivity index (χ3v) is 4.28. The molecule has 2 rings (SSSR count). The lowest BCUT2D eigenvalue weighted by molar-refractivity contribution is 0.415. The Kier molecular flexibility index (Phi) is 3.21. The van der Waals surface area contributed by atoms with E-state index in [1.165, 1.54) is 4.88 Å². The van der Waals surface area contributed by atoms with Gasteiger partial charge in [0, 0.05) is 26.7 Å². The quantitative estimate of drug-likeness (QED) is 0.848. The lowest BCUT2D eigenvalue weighted by Crippen LogP contribution is -1.91. The molecule has 0 atom stereocenters. The van der Waals surface area contributed by atoms with Gasteiger partial charge in [0.25, 0.3) is 0 Å². The van der Waals surface area contributed by atoms with Crippen molar-refractivity contribution < 1.29 is 4.74 Å². The molecular weight excluding hydrogens is 286 g/mol. The highest BCUT2D eigenvalue weighted by atomic mass is 79.9. The van der Waals surface area contributed by atoms with E-state index in [1.54, 1.807) is 18.4 Å². The standard InChI is InChI=1S/C12H12BrNOS/c1-7-5-10(13)12(16-7)9-4-3-8(15-2)6-11(9)14/h3-6H,14H2,1-2H3. The summed E-state index contributed by atoms with van der Waals surface area (Å²) in [6.45, 7) is 2.08. The molecule has 4 heteroatoms. The molecule has 0 amide bonds. The van der Waals surface area contributed by atoms with Gasteiger partial charge in [-0.05, 0) is 41.1 Å². The molecule has 0 aliphatic carbocycles. The molecular formula is C12H12BrNOS. The first kappa shape index (κ1) is 11.5. The summed E-state index contributed by atoms with van der Waals surface area (Å²) in [6, 6.07) is 7.86. The number of nitrogen functional groups attached to an aromatic ring is 1. The molecule has 1 heterocycles. The summed E-state index contributed by atoms with van der Waals surface area (Å²) in [5, 5.41) is 0. The number of anilines is 1. The average Bonchev–Trinajstić information content (AvgIpc) is 2.57. The number of thiophene rings is 1.